The molecular weight excluding hydrogens is 446 g/mol. The van der Waals surface area contributed by atoms with Crippen molar-refractivity contribution in [3.63, 3.8) is 0 Å². The summed E-state index contributed by atoms with van der Waals surface area (Å²) in [5, 5.41) is 14.2. The molecule has 35 heavy (non-hydrogen) atoms. The van der Waals surface area contributed by atoms with Crippen LogP contribution in [0.3, 0.4) is 0 Å². The van der Waals surface area contributed by atoms with E-state index in [-0.39, 0.29) is 5.69 Å². The van der Waals surface area contributed by atoms with Crippen molar-refractivity contribution in [3.05, 3.63) is 106 Å². The van der Waals surface area contributed by atoms with E-state index in [9.17, 15) is 14.4 Å². The monoisotopic (exact) mass is 469 g/mol. The molecule has 0 aliphatic rings. The predicted molar refractivity (Wildman–Crippen MR) is 132 cm³/mol. The van der Waals surface area contributed by atoms with Crippen molar-refractivity contribution in [2.45, 2.75) is 13.0 Å². The summed E-state index contributed by atoms with van der Waals surface area (Å²) in [6.07, 6.45) is 0. The summed E-state index contributed by atoms with van der Waals surface area (Å²) in [5.74, 6) is -0.393. The van der Waals surface area contributed by atoms with Crippen molar-refractivity contribution in [2.24, 2.45) is 5.10 Å². The average molecular weight is 470 g/mol. The number of carbonyl (C=O) groups excluding carboxylic acids is 2. The SMILES string of the molecule is COc1ccc(C(C)=NNC(=O)[C@H](NC(=O)c2ccccc2)c2n[nH]c(=O)c3ccccc23)cc1. The lowest BCUT2D eigenvalue weighted by Gasteiger charge is -2.18. The van der Waals surface area contributed by atoms with Crippen LogP contribution in [0.4, 0.5) is 0 Å². The van der Waals surface area contributed by atoms with Crippen LogP contribution in [0.5, 0.6) is 5.75 Å². The van der Waals surface area contributed by atoms with E-state index in [2.05, 4.69) is 26.0 Å². The Labute approximate surface area is 200 Å². The van der Waals surface area contributed by atoms with Gasteiger partial charge in [-0.1, -0.05) is 36.4 Å². The van der Waals surface area contributed by atoms with Crippen LogP contribution in [-0.2, 0) is 4.79 Å². The van der Waals surface area contributed by atoms with E-state index >= 15 is 0 Å². The summed E-state index contributed by atoms with van der Waals surface area (Å²) in [6.45, 7) is 1.74. The predicted octanol–water partition coefficient (Wildman–Crippen LogP) is 2.94. The van der Waals surface area contributed by atoms with E-state index in [4.69, 9.17) is 4.74 Å². The molecule has 0 bridgehead atoms. The maximum atomic E-state index is 13.3. The summed E-state index contributed by atoms with van der Waals surface area (Å²) in [5.41, 5.74) is 4.01. The number of hydrogen-bond acceptors (Lipinski definition) is 6. The second-order valence-corrected chi connectivity index (χ2v) is 7.66. The molecule has 176 valence electrons. The first kappa shape index (κ1) is 23.4. The number of benzene rings is 3. The minimum Gasteiger partial charge on any atom is -0.497 e. The van der Waals surface area contributed by atoms with E-state index in [1.807, 2.05) is 12.1 Å². The highest BCUT2D eigenvalue weighted by Crippen LogP contribution is 2.20. The minimum absolute atomic E-state index is 0.194. The third-order valence-electron chi connectivity index (χ3n) is 5.41. The number of H-pyrrole nitrogens is 1. The molecule has 0 aliphatic heterocycles. The number of hydrazone groups is 1. The highest BCUT2D eigenvalue weighted by molar-refractivity contribution is 6.01. The molecule has 0 saturated heterocycles. The van der Waals surface area contributed by atoms with E-state index in [1.54, 1.807) is 80.8 Å². The highest BCUT2D eigenvalue weighted by Gasteiger charge is 2.27. The minimum atomic E-state index is -1.23. The van der Waals surface area contributed by atoms with Crippen LogP contribution in [0.15, 0.2) is 88.8 Å². The molecule has 1 heterocycles. The Morgan fingerprint density at radius 1 is 0.914 bits per heavy atom. The maximum absolute atomic E-state index is 13.3. The highest BCUT2D eigenvalue weighted by atomic mass is 16.5. The molecule has 1 aromatic heterocycles. The molecule has 9 nitrogen and oxygen atoms in total. The van der Waals surface area contributed by atoms with E-state index < -0.39 is 23.4 Å². The Bertz CT molecular complexity index is 1450. The van der Waals surface area contributed by atoms with Gasteiger partial charge in [-0.15, -0.1) is 0 Å². The molecule has 1 atom stereocenters. The normalized spacial score (nSPS) is 12.1. The molecule has 0 saturated carbocycles. The standard InChI is InChI=1S/C26H23N5O4/c1-16(17-12-14-19(35-2)15-13-17)28-31-26(34)23(27-24(32)18-8-4-3-5-9-18)22-20-10-6-7-11-21(20)25(33)30-29-22/h3-15,23H,1-2H3,(H,27,32)(H,30,33)(H,31,34)/t23-/m1/s1. The van der Waals surface area contributed by atoms with Gasteiger partial charge < -0.3 is 10.1 Å². The molecule has 0 radical (unpaired) electrons. The molecule has 4 aromatic rings. The summed E-state index contributed by atoms with van der Waals surface area (Å²) in [6, 6.07) is 21.2. The van der Waals surface area contributed by atoms with Gasteiger partial charge in [-0.3, -0.25) is 14.4 Å². The molecule has 0 aliphatic carbocycles. The zero-order valence-corrected chi connectivity index (χ0v) is 19.1. The van der Waals surface area contributed by atoms with Gasteiger partial charge in [0.25, 0.3) is 17.4 Å². The molecule has 4 rings (SSSR count). The lowest BCUT2D eigenvalue weighted by atomic mass is 10.0. The van der Waals surface area contributed by atoms with Gasteiger partial charge in [0.05, 0.1) is 18.2 Å². The number of hydrogen-bond donors (Lipinski definition) is 3. The van der Waals surface area contributed by atoms with E-state index in [0.29, 0.717) is 27.8 Å². The lowest BCUT2D eigenvalue weighted by molar-refractivity contribution is -0.123. The van der Waals surface area contributed by atoms with E-state index in [0.717, 1.165) is 5.56 Å². The van der Waals surface area contributed by atoms with Crippen molar-refractivity contribution in [1.29, 1.82) is 0 Å². The Morgan fingerprint density at radius 3 is 2.26 bits per heavy atom. The number of aromatic nitrogens is 2. The Morgan fingerprint density at radius 2 is 1.57 bits per heavy atom. The number of nitrogens with one attached hydrogen (secondary N) is 3. The number of aromatic amines is 1. The Balaban J connectivity index is 1.67. The number of carbonyl (C=O) groups is 2. The van der Waals surface area contributed by atoms with Crippen LogP contribution in [0, 0.1) is 0 Å². The van der Waals surface area contributed by atoms with Crippen molar-refractivity contribution in [2.75, 3.05) is 7.11 Å². The second-order valence-electron chi connectivity index (χ2n) is 7.66. The van der Waals surface area contributed by atoms with Crippen molar-refractivity contribution in [3.8, 4) is 5.75 Å². The lowest BCUT2D eigenvalue weighted by Crippen LogP contribution is -2.40. The van der Waals surface area contributed by atoms with Crippen molar-refractivity contribution < 1.29 is 14.3 Å². The Hall–Kier alpha value is -4.79. The van der Waals surface area contributed by atoms with Crippen LogP contribution in [0.2, 0.25) is 0 Å². The molecule has 3 aromatic carbocycles. The summed E-state index contributed by atoms with van der Waals surface area (Å²) >= 11 is 0. The maximum Gasteiger partial charge on any atom is 0.272 e. The number of ether oxygens (including phenoxy) is 1. The zero-order chi connectivity index (χ0) is 24.8. The average Bonchev–Trinajstić information content (AvgIpc) is 2.91. The molecule has 2 amide bonds. The first-order valence-corrected chi connectivity index (χ1v) is 10.8. The number of nitrogens with zero attached hydrogens (tertiary/aromatic N) is 2. The fraction of sp³-hybridized carbons (Fsp3) is 0.115. The van der Waals surface area contributed by atoms with Gasteiger partial charge in [0, 0.05) is 10.9 Å². The van der Waals surface area contributed by atoms with Gasteiger partial charge in [0.1, 0.15) is 11.4 Å². The molecule has 0 spiro atoms. The first-order chi connectivity index (χ1) is 17.0. The number of methoxy groups -OCH3 is 1. The third-order valence-corrected chi connectivity index (χ3v) is 5.41. The molecule has 0 fully saturated rings. The van der Waals surface area contributed by atoms with Crippen LogP contribution in [0.1, 0.15) is 34.6 Å². The van der Waals surface area contributed by atoms with E-state index in [1.165, 1.54) is 0 Å². The smallest absolute Gasteiger partial charge is 0.272 e. The zero-order valence-electron chi connectivity index (χ0n) is 19.1. The quantitative estimate of drug-likeness (QED) is 0.283. The fourth-order valence-corrected chi connectivity index (χ4v) is 3.52. The van der Waals surface area contributed by atoms with Gasteiger partial charge in [-0.05, 0) is 55.0 Å². The molecule has 9 heteroatoms. The largest absolute Gasteiger partial charge is 0.497 e. The number of rotatable bonds is 7. The van der Waals surface area contributed by atoms with Crippen LogP contribution in [0.25, 0.3) is 10.8 Å². The van der Waals surface area contributed by atoms with Crippen LogP contribution in [-0.4, -0.2) is 34.8 Å². The number of fused-ring (bicyclic) bond motifs is 1. The fourth-order valence-electron chi connectivity index (χ4n) is 3.52. The summed E-state index contributed by atoms with van der Waals surface area (Å²) < 4.78 is 5.16. The van der Waals surface area contributed by atoms with Gasteiger partial charge >= 0.3 is 0 Å². The third kappa shape index (κ3) is 5.25. The van der Waals surface area contributed by atoms with Crippen molar-refractivity contribution in [1.82, 2.24) is 20.9 Å². The first-order valence-electron chi connectivity index (χ1n) is 10.8. The van der Waals surface area contributed by atoms with Gasteiger partial charge in [0.2, 0.25) is 0 Å². The van der Waals surface area contributed by atoms with Gasteiger partial charge in [-0.2, -0.15) is 10.2 Å². The van der Waals surface area contributed by atoms with Gasteiger partial charge in [-0.25, -0.2) is 10.5 Å². The Kier molecular flexibility index (Phi) is 6.96. The number of amides is 2. The van der Waals surface area contributed by atoms with Gasteiger partial charge in [0.15, 0.2) is 6.04 Å². The second kappa shape index (κ2) is 10.4. The van der Waals surface area contributed by atoms with Crippen LogP contribution >= 0.6 is 0 Å². The topological polar surface area (TPSA) is 126 Å². The van der Waals surface area contributed by atoms with Crippen LogP contribution < -0.4 is 21.0 Å². The summed E-state index contributed by atoms with van der Waals surface area (Å²) in [7, 11) is 1.58. The molecule has 3 N–H and O–H groups in total. The van der Waals surface area contributed by atoms with Crippen molar-refractivity contribution >= 4 is 28.3 Å². The molecule has 0 unspecified atom stereocenters. The summed E-state index contributed by atoms with van der Waals surface area (Å²) in [4.78, 5) is 38.5. The molecular formula is C26H23N5O4.